The Morgan fingerprint density at radius 3 is 2.44 bits per heavy atom. The van der Waals surface area contributed by atoms with Gasteiger partial charge >= 0.3 is 0 Å². The fourth-order valence-electron chi connectivity index (χ4n) is 0.433. The summed E-state index contributed by atoms with van der Waals surface area (Å²) in [5, 5.41) is 7.23. The first-order chi connectivity index (χ1) is 3.80. The summed E-state index contributed by atoms with van der Waals surface area (Å²) in [6.07, 6.45) is 1.34. The summed E-state index contributed by atoms with van der Waals surface area (Å²) in [6.45, 7) is 4.01. The minimum atomic E-state index is 0. The smallest absolute Gasteiger partial charge is 0.218 e. The van der Waals surface area contributed by atoms with Crippen LogP contribution >= 0.6 is 12.4 Å². The highest BCUT2D eigenvalue weighted by Crippen LogP contribution is 2.07. The van der Waals surface area contributed by atoms with Gasteiger partial charge in [-0.05, 0) is 0 Å². The molecule has 9 heavy (non-hydrogen) atoms. The largest absolute Gasteiger partial charge is 0.428 e. The molecule has 0 aliphatic carbocycles. The van der Waals surface area contributed by atoms with Crippen LogP contribution in [0.2, 0.25) is 0 Å². The summed E-state index contributed by atoms with van der Waals surface area (Å²) in [5.41, 5.74) is 0. The fraction of sp³-hybridized carbons (Fsp3) is 0.600. The van der Waals surface area contributed by atoms with Gasteiger partial charge in [0.25, 0.3) is 0 Å². The predicted molar refractivity (Wildman–Crippen MR) is 35.6 cm³/mol. The maximum absolute atomic E-state index is 4.87. The first-order valence-corrected chi connectivity index (χ1v) is 2.57. The Bertz CT molecular complexity index is 150. The summed E-state index contributed by atoms with van der Waals surface area (Å²) in [6, 6.07) is 0. The lowest BCUT2D eigenvalue weighted by Gasteiger charge is -1.91. The van der Waals surface area contributed by atoms with Crippen molar-refractivity contribution in [3.63, 3.8) is 0 Å². The third-order valence-electron chi connectivity index (χ3n) is 0.871. The third kappa shape index (κ3) is 2.01. The van der Waals surface area contributed by atoms with E-state index >= 15 is 0 Å². The Hall–Kier alpha value is -0.570. The van der Waals surface area contributed by atoms with E-state index in [4.69, 9.17) is 4.42 Å². The highest BCUT2D eigenvalue weighted by molar-refractivity contribution is 5.85. The first kappa shape index (κ1) is 8.43. The lowest BCUT2D eigenvalue weighted by atomic mass is 10.2. The van der Waals surface area contributed by atoms with E-state index in [2.05, 4.69) is 10.2 Å². The van der Waals surface area contributed by atoms with Crippen molar-refractivity contribution in [3.05, 3.63) is 12.3 Å². The second-order valence-corrected chi connectivity index (χ2v) is 1.93. The zero-order chi connectivity index (χ0) is 5.98. The molecule has 52 valence electrons. The van der Waals surface area contributed by atoms with Gasteiger partial charge in [0.05, 0.1) is 0 Å². The number of nitrogens with zero attached hydrogens (tertiary/aromatic N) is 2. The maximum atomic E-state index is 4.87. The number of halogens is 1. The van der Waals surface area contributed by atoms with Crippen molar-refractivity contribution in [3.8, 4) is 0 Å². The summed E-state index contributed by atoms with van der Waals surface area (Å²) >= 11 is 0. The van der Waals surface area contributed by atoms with Gasteiger partial charge in [-0.2, -0.15) is 0 Å². The molecule has 0 spiro atoms. The van der Waals surface area contributed by atoms with Crippen molar-refractivity contribution in [1.82, 2.24) is 10.2 Å². The fourth-order valence-corrected chi connectivity index (χ4v) is 0.433. The second-order valence-electron chi connectivity index (χ2n) is 1.93. The molecule has 3 nitrogen and oxygen atoms in total. The van der Waals surface area contributed by atoms with Crippen LogP contribution in [0.3, 0.4) is 0 Å². The molecule has 0 bridgehead atoms. The van der Waals surface area contributed by atoms with Crippen molar-refractivity contribution < 1.29 is 4.42 Å². The molecule has 0 N–H and O–H groups in total. The van der Waals surface area contributed by atoms with E-state index < -0.39 is 0 Å². The Morgan fingerprint density at radius 2 is 2.22 bits per heavy atom. The SMILES string of the molecule is CC(C)c1nnco1.Cl. The molecule has 0 amide bonds. The van der Waals surface area contributed by atoms with E-state index in [0.717, 1.165) is 0 Å². The first-order valence-electron chi connectivity index (χ1n) is 2.57. The highest BCUT2D eigenvalue weighted by atomic mass is 35.5. The van der Waals surface area contributed by atoms with Crippen molar-refractivity contribution in [2.75, 3.05) is 0 Å². The van der Waals surface area contributed by atoms with Gasteiger partial charge < -0.3 is 4.42 Å². The molecule has 4 heteroatoms. The van der Waals surface area contributed by atoms with Crippen LogP contribution in [0.15, 0.2) is 10.8 Å². The van der Waals surface area contributed by atoms with E-state index in [0.29, 0.717) is 11.8 Å². The summed E-state index contributed by atoms with van der Waals surface area (Å²) < 4.78 is 4.87. The van der Waals surface area contributed by atoms with Crippen molar-refractivity contribution in [1.29, 1.82) is 0 Å². The molecule has 1 heterocycles. The molecule has 1 aromatic rings. The van der Waals surface area contributed by atoms with Crippen LogP contribution in [-0.2, 0) is 0 Å². The highest BCUT2D eigenvalue weighted by Gasteiger charge is 2.01. The zero-order valence-electron chi connectivity index (χ0n) is 5.37. The van der Waals surface area contributed by atoms with Crippen molar-refractivity contribution in [2.24, 2.45) is 0 Å². The van der Waals surface area contributed by atoms with Crippen LogP contribution in [0, 0.1) is 0 Å². The molecule has 0 atom stereocenters. The molecule has 0 saturated carbocycles. The van der Waals surface area contributed by atoms with Crippen LogP contribution in [-0.4, -0.2) is 10.2 Å². The van der Waals surface area contributed by atoms with E-state index in [9.17, 15) is 0 Å². The normalized spacial score (nSPS) is 9.22. The molecular formula is C5H9ClN2O. The molecule has 0 unspecified atom stereocenters. The summed E-state index contributed by atoms with van der Waals surface area (Å²) in [7, 11) is 0. The average molecular weight is 149 g/mol. The van der Waals surface area contributed by atoms with Crippen LogP contribution in [0.4, 0.5) is 0 Å². The van der Waals surface area contributed by atoms with E-state index in [1.54, 1.807) is 0 Å². The summed E-state index contributed by atoms with van der Waals surface area (Å²) in [4.78, 5) is 0. The topological polar surface area (TPSA) is 38.9 Å². The minimum Gasteiger partial charge on any atom is -0.428 e. The molecule has 1 rings (SSSR count). The standard InChI is InChI=1S/C5H8N2O.ClH/c1-4(2)5-7-6-3-8-5;/h3-4H,1-2H3;1H. The van der Waals surface area contributed by atoms with Crippen LogP contribution in [0.5, 0.6) is 0 Å². The second kappa shape index (κ2) is 3.45. The molecule has 0 aliphatic heterocycles. The van der Waals surface area contributed by atoms with Gasteiger partial charge in [-0.3, -0.25) is 0 Å². The van der Waals surface area contributed by atoms with Gasteiger partial charge in [0.15, 0.2) is 0 Å². The molecule has 0 aliphatic rings. The van der Waals surface area contributed by atoms with Crippen molar-refractivity contribution in [2.45, 2.75) is 19.8 Å². The van der Waals surface area contributed by atoms with Gasteiger partial charge in [0.1, 0.15) is 0 Å². The lowest BCUT2D eigenvalue weighted by molar-refractivity contribution is 0.470. The van der Waals surface area contributed by atoms with Gasteiger partial charge in [-0.1, -0.05) is 13.8 Å². The minimum absolute atomic E-state index is 0. The Labute approximate surface area is 59.9 Å². The lowest BCUT2D eigenvalue weighted by Crippen LogP contribution is -1.85. The van der Waals surface area contributed by atoms with Crippen LogP contribution < -0.4 is 0 Å². The zero-order valence-corrected chi connectivity index (χ0v) is 6.18. The molecule has 1 aromatic heterocycles. The average Bonchev–Trinajstić information content (AvgIpc) is 2.12. The summed E-state index contributed by atoms with van der Waals surface area (Å²) in [5.74, 6) is 1.04. The van der Waals surface area contributed by atoms with Gasteiger partial charge in [-0.15, -0.1) is 22.6 Å². The van der Waals surface area contributed by atoms with Crippen molar-refractivity contribution >= 4 is 12.4 Å². The van der Waals surface area contributed by atoms with Gasteiger partial charge in [-0.25, -0.2) is 0 Å². The Morgan fingerprint density at radius 1 is 1.56 bits per heavy atom. The number of aromatic nitrogens is 2. The Balaban J connectivity index is 0.000000640. The maximum Gasteiger partial charge on any atom is 0.218 e. The predicted octanol–water partition coefficient (Wildman–Crippen LogP) is 1.61. The van der Waals surface area contributed by atoms with E-state index in [-0.39, 0.29) is 12.4 Å². The molecule has 0 saturated heterocycles. The Kier molecular flexibility index (Phi) is 3.24. The van der Waals surface area contributed by atoms with Crippen LogP contribution in [0.1, 0.15) is 25.7 Å². The third-order valence-corrected chi connectivity index (χ3v) is 0.871. The number of rotatable bonds is 1. The van der Waals surface area contributed by atoms with Crippen LogP contribution in [0.25, 0.3) is 0 Å². The molecule has 0 aromatic carbocycles. The van der Waals surface area contributed by atoms with Gasteiger partial charge in [0.2, 0.25) is 12.3 Å². The molecule has 0 radical (unpaired) electrons. The van der Waals surface area contributed by atoms with Gasteiger partial charge in [0, 0.05) is 5.92 Å². The quantitative estimate of drug-likeness (QED) is 0.608. The number of hydrogen-bond donors (Lipinski definition) is 0. The van der Waals surface area contributed by atoms with E-state index in [1.807, 2.05) is 13.8 Å². The molecular weight excluding hydrogens is 140 g/mol. The monoisotopic (exact) mass is 148 g/mol. The molecule has 0 fully saturated rings. The number of hydrogen-bond acceptors (Lipinski definition) is 3. The van der Waals surface area contributed by atoms with E-state index in [1.165, 1.54) is 6.39 Å².